The van der Waals surface area contributed by atoms with Gasteiger partial charge in [0.2, 0.25) is 0 Å². The first-order chi connectivity index (χ1) is 8.91. The molecule has 0 aliphatic carbocycles. The maximum Gasteiger partial charge on any atom is 0.323 e. The first-order valence-corrected chi connectivity index (χ1v) is 7.12. The molecule has 2 unspecified atom stereocenters. The van der Waals surface area contributed by atoms with E-state index >= 15 is 0 Å². The largest absolute Gasteiger partial charge is 0.480 e. The molecule has 0 aliphatic heterocycles. The molecule has 0 spiro atoms. The van der Waals surface area contributed by atoms with E-state index in [-0.39, 0.29) is 0 Å². The molecule has 0 radical (unpaired) electrons. The highest BCUT2D eigenvalue weighted by atomic mass is 16.5. The number of rotatable bonds is 11. The number of nitrogens with one attached hydrogen (secondary N) is 1. The number of likely N-dealkylation sites (N-methyl/N-ethyl adjacent to an activating group) is 1. The number of carboxylic acid groups (broad SMARTS) is 1. The van der Waals surface area contributed by atoms with Gasteiger partial charge in [-0.3, -0.25) is 9.69 Å². The number of nitrogens with zero attached hydrogens (tertiary/aromatic N) is 1. The Bertz CT molecular complexity index is 261. The molecule has 5 heteroatoms. The third kappa shape index (κ3) is 6.36. The quantitative estimate of drug-likeness (QED) is 0.599. The van der Waals surface area contributed by atoms with Crippen molar-refractivity contribution in [3.8, 4) is 0 Å². The molecule has 0 aliphatic rings. The Morgan fingerprint density at radius 2 is 2.11 bits per heavy atom. The Morgan fingerprint density at radius 1 is 1.47 bits per heavy atom. The van der Waals surface area contributed by atoms with Crippen molar-refractivity contribution in [2.45, 2.75) is 52.1 Å². The summed E-state index contributed by atoms with van der Waals surface area (Å²) in [5, 5.41) is 12.5. The van der Waals surface area contributed by atoms with Crippen molar-refractivity contribution in [2.24, 2.45) is 0 Å². The van der Waals surface area contributed by atoms with E-state index in [1.807, 2.05) is 6.92 Å². The van der Waals surface area contributed by atoms with Crippen molar-refractivity contribution in [2.75, 3.05) is 33.4 Å². The van der Waals surface area contributed by atoms with E-state index < -0.39 is 11.5 Å². The molecule has 0 bridgehead atoms. The van der Waals surface area contributed by atoms with Gasteiger partial charge in [-0.05, 0) is 39.8 Å². The normalized spacial score (nSPS) is 16.3. The van der Waals surface area contributed by atoms with Gasteiger partial charge >= 0.3 is 5.97 Å². The molecule has 0 aromatic rings. The van der Waals surface area contributed by atoms with Crippen LogP contribution in [0.3, 0.4) is 0 Å². The molecule has 19 heavy (non-hydrogen) atoms. The van der Waals surface area contributed by atoms with Crippen molar-refractivity contribution < 1.29 is 14.6 Å². The Kier molecular flexibility index (Phi) is 8.97. The highest BCUT2D eigenvalue weighted by Crippen LogP contribution is 2.13. The minimum Gasteiger partial charge on any atom is -0.480 e. The van der Waals surface area contributed by atoms with Crippen LogP contribution in [0.25, 0.3) is 0 Å². The van der Waals surface area contributed by atoms with Crippen LogP contribution < -0.4 is 5.32 Å². The van der Waals surface area contributed by atoms with E-state index in [1.165, 1.54) is 0 Å². The number of ether oxygens (including phenoxy) is 1. The Labute approximate surface area is 117 Å². The number of carboxylic acids is 1. The van der Waals surface area contributed by atoms with E-state index in [1.54, 1.807) is 14.0 Å². The Balaban J connectivity index is 4.47. The van der Waals surface area contributed by atoms with E-state index in [2.05, 4.69) is 24.1 Å². The Hall–Kier alpha value is -0.650. The van der Waals surface area contributed by atoms with E-state index in [4.69, 9.17) is 4.74 Å². The maximum absolute atomic E-state index is 11.4. The molecule has 0 aromatic heterocycles. The average Bonchev–Trinajstić information content (AvgIpc) is 2.37. The second-order valence-electron chi connectivity index (χ2n) is 5.25. The topological polar surface area (TPSA) is 61.8 Å². The van der Waals surface area contributed by atoms with Crippen LogP contribution >= 0.6 is 0 Å². The molecule has 0 aromatic carbocycles. The van der Waals surface area contributed by atoms with Gasteiger partial charge < -0.3 is 15.2 Å². The number of hydrogen-bond donors (Lipinski definition) is 2. The molecule has 0 heterocycles. The van der Waals surface area contributed by atoms with Gasteiger partial charge in [-0.1, -0.05) is 13.8 Å². The standard InChI is InChI=1S/C14H30N2O3/c1-6-9-15-14(4,13(17)18)8-10-16(7-2)12(3)11-19-5/h12,15H,6-11H2,1-5H3,(H,17,18). The van der Waals surface area contributed by atoms with Gasteiger partial charge in [0, 0.05) is 19.7 Å². The lowest BCUT2D eigenvalue weighted by Crippen LogP contribution is -2.52. The summed E-state index contributed by atoms with van der Waals surface area (Å²) in [7, 11) is 1.69. The summed E-state index contributed by atoms with van der Waals surface area (Å²) in [4.78, 5) is 13.7. The van der Waals surface area contributed by atoms with Gasteiger partial charge in [0.25, 0.3) is 0 Å². The number of hydrogen-bond acceptors (Lipinski definition) is 4. The van der Waals surface area contributed by atoms with Crippen LogP contribution in [0.4, 0.5) is 0 Å². The minimum absolute atomic E-state index is 0.305. The third-order valence-corrected chi connectivity index (χ3v) is 3.57. The molecule has 114 valence electrons. The molecule has 0 amide bonds. The molecule has 0 saturated carbocycles. The van der Waals surface area contributed by atoms with Gasteiger partial charge in [0.1, 0.15) is 5.54 Å². The van der Waals surface area contributed by atoms with Gasteiger partial charge in [-0.15, -0.1) is 0 Å². The lowest BCUT2D eigenvalue weighted by atomic mass is 9.97. The molecule has 0 fully saturated rings. The summed E-state index contributed by atoms with van der Waals surface area (Å²) in [6, 6.07) is 0.305. The summed E-state index contributed by atoms with van der Waals surface area (Å²) in [5.74, 6) is -0.781. The zero-order valence-corrected chi connectivity index (χ0v) is 13.0. The summed E-state index contributed by atoms with van der Waals surface area (Å²) < 4.78 is 5.16. The number of carbonyl (C=O) groups is 1. The zero-order valence-electron chi connectivity index (χ0n) is 13.0. The second-order valence-corrected chi connectivity index (χ2v) is 5.25. The van der Waals surface area contributed by atoms with Crippen molar-refractivity contribution >= 4 is 5.97 Å². The van der Waals surface area contributed by atoms with Crippen LogP contribution in [0.5, 0.6) is 0 Å². The van der Waals surface area contributed by atoms with E-state index in [0.29, 0.717) is 19.1 Å². The van der Waals surface area contributed by atoms with Crippen molar-refractivity contribution in [1.82, 2.24) is 10.2 Å². The van der Waals surface area contributed by atoms with Crippen LogP contribution in [-0.2, 0) is 9.53 Å². The molecule has 2 N–H and O–H groups in total. The first kappa shape index (κ1) is 18.4. The number of aliphatic carboxylic acids is 1. The summed E-state index contributed by atoms with van der Waals surface area (Å²) in [6.07, 6.45) is 1.52. The van der Waals surface area contributed by atoms with Crippen LogP contribution in [-0.4, -0.2) is 60.9 Å². The summed E-state index contributed by atoms with van der Waals surface area (Å²) in [5.41, 5.74) is -0.851. The predicted molar refractivity (Wildman–Crippen MR) is 77.5 cm³/mol. The number of methoxy groups -OCH3 is 1. The van der Waals surface area contributed by atoms with Crippen LogP contribution in [0.1, 0.15) is 40.5 Å². The fourth-order valence-corrected chi connectivity index (χ4v) is 2.08. The molecule has 0 saturated heterocycles. The SMILES string of the molecule is CCCNC(C)(CCN(CC)C(C)COC)C(=O)O. The first-order valence-electron chi connectivity index (χ1n) is 7.12. The van der Waals surface area contributed by atoms with Gasteiger partial charge in [-0.2, -0.15) is 0 Å². The Morgan fingerprint density at radius 3 is 2.53 bits per heavy atom. The third-order valence-electron chi connectivity index (χ3n) is 3.57. The average molecular weight is 274 g/mol. The smallest absolute Gasteiger partial charge is 0.323 e. The van der Waals surface area contributed by atoms with Gasteiger partial charge in [0.15, 0.2) is 0 Å². The molecule has 0 rings (SSSR count). The maximum atomic E-state index is 11.4. The van der Waals surface area contributed by atoms with Crippen LogP contribution in [0.15, 0.2) is 0 Å². The summed E-state index contributed by atoms with van der Waals surface area (Å²) in [6.45, 7) is 11.0. The van der Waals surface area contributed by atoms with E-state index in [0.717, 1.165) is 26.1 Å². The lowest BCUT2D eigenvalue weighted by Gasteiger charge is -2.32. The van der Waals surface area contributed by atoms with Crippen molar-refractivity contribution in [3.05, 3.63) is 0 Å². The summed E-state index contributed by atoms with van der Waals surface area (Å²) >= 11 is 0. The van der Waals surface area contributed by atoms with E-state index in [9.17, 15) is 9.90 Å². The van der Waals surface area contributed by atoms with Gasteiger partial charge in [-0.25, -0.2) is 0 Å². The highest BCUT2D eigenvalue weighted by molar-refractivity contribution is 5.78. The molecule has 2 atom stereocenters. The molecule has 5 nitrogen and oxygen atoms in total. The predicted octanol–water partition coefficient (Wildman–Crippen LogP) is 1.58. The molecular formula is C14H30N2O3. The van der Waals surface area contributed by atoms with Crippen LogP contribution in [0.2, 0.25) is 0 Å². The minimum atomic E-state index is -0.851. The fourth-order valence-electron chi connectivity index (χ4n) is 2.08. The fraction of sp³-hybridized carbons (Fsp3) is 0.929. The van der Waals surface area contributed by atoms with Crippen molar-refractivity contribution in [1.29, 1.82) is 0 Å². The van der Waals surface area contributed by atoms with Gasteiger partial charge in [0.05, 0.1) is 6.61 Å². The van der Waals surface area contributed by atoms with Crippen molar-refractivity contribution in [3.63, 3.8) is 0 Å². The lowest BCUT2D eigenvalue weighted by molar-refractivity contribution is -0.144. The molecular weight excluding hydrogens is 244 g/mol. The van der Waals surface area contributed by atoms with Crippen LogP contribution in [0, 0.1) is 0 Å². The zero-order chi connectivity index (χ0) is 14.9. The second kappa shape index (κ2) is 9.28. The highest BCUT2D eigenvalue weighted by Gasteiger charge is 2.32. The monoisotopic (exact) mass is 274 g/mol.